The van der Waals surface area contributed by atoms with Crippen LogP contribution < -0.4 is 14.2 Å². The third kappa shape index (κ3) is 4.56. The summed E-state index contributed by atoms with van der Waals surface area (Å²) in [5, 5.41) is 0. The predicted molar refractivity (Wildman–Crippen MR) is 113 cm³/mol. The van der Waals surface area contributed by atoms with Crippen LogP contribution >= 0.6 is 0 Å². The van der Waals surface area contributed by atoms with Crippen molar-refractivity contribution in [3.05, 3.63) is 53.6 Å². The monoisotopic (exact) mass is 431 g/mol. The van der Waals surface area contributed by atoms with Crippen molar-refractivity contribution in [2.45, 2.75) is 24.8 Å². The van der Waals surface area contributed by atoms with Crippen molar-refractivity contribution in [2.24, 2.45) is 4.99 Å². The first kappa shape index (κ1) is 21.6. The van der Waals surface area contributed by atoms with E-state index >= 15 is 0 Å². The first-order valence-corrected chi connectivity index (χ1v) is 11.0. The summed E-state index contributed by atoms with van der Waals surface area (Å²) >= 11 is 0. The molecule has 0 saturated carbocycles. The van der Waals surface area contributed by atoms with E-state index in [4.69, 9.17) is 9.47 Å². The standard InChI is InChI=1S/C21H25N3O5S/c1-4-24(14-15-9-10-17(28-2)18(13-15)29-3)20(25)11-12-22-21-16-7-5-6-8-19(16)30(26,27)23-21/h5-10,13H,4,11-12,14H2,1-3H3,(H,22,23). The first-order chi connectivity index (χ1) is 14.4. The van der Waals surface area contributed by atoms with E-state index in [0.29, 0.717) is 30.2 Å². The smallest absolute Gasteiger partial charge is 0.263 e. The Bertz CT molecular complexity index is 1070. The number of nitrogens with one attached hydrogen (secondary N) is 1. The zero-order chi connectivity index (χ0) is 21.7. The molecule has 0 saturated heterocycles. The summed E-state index contributed by atoms with van der Waals surface area (Å²) in [6, 6.07) is 12.2. The number of hydrogen-bond acceptors (Lipinski definition) is 6. The lowest BCUT2D eigenvalue weighted by molar-refractivity contribution is -0.131. The van der Waals surface area contributed by atoms with E-state index in [1.165, 1.54) is 6.07 Å². The SMILES string of the molecule is CCN(Cc1ccc(OC)c(OC)c1)C(=O)CCN=C1NS(=O)(=O)c2ccccc21. The fourth-order valence-electron chi connectivity index (χ4n) is 3.25. The van der Waals surface area contributed by atoms with Gasteiger partial charge in [-0.3, -0.25) is 14.5 Å². The van der Waals surface area contributed by atoms with Gasteiger partial charge < -0.3 is 14.4 Å². The largest absolute Gasteiger partial charge is 0.493 e. The van der Waals surface area contributed by atoms with E-state index in [0.717, 1.165) is 5.56 Å². The molecule has 30 heavy (non-hydrogen) atoms. The van der Waals surface area contributed by atoms with Gasteiger partial charge in [-0.05, 0) is 36.8 Å². The number of aliphatic imine (C=N–C) groups is 1. The van der Waals surface area contributed by atoms with E-state index in [2.05, 4.69) is 9.71 Å². The third-order valence-corrected chi connectivity index (χ3v) is 6.21. The Hall–Kier alpha value is -3.07. The van der Waals surface area contributed by atoms with Crippen molar-refractivity contribution >= 4 is 21.8 Å². The van der Waals surface area contributed by atoms with Crippen LogP contribution in [0.1, 0.15) is 24.5 Å². The second-order valence-corrected chi connectivity index (χ2v) is 8.33. The minimum absolute atomic E-state index is 0.0641. The number of nitrogens with zero attached hydrogens (tertiary/aromatic N) is 2. The van der Waals surface area contributed by atoms with Gasteiger partial charge in [0.25, 0.3) is 10.0 Å². The minimum atomic E-state index is -3.58. The predicted octanol–water partition coefficient (Wildman–Crippen LogP) is 2.18. The highest BCUT2D eigenvalue weighted by atomic mass is 32.2. The van der Waals surface area contributed by atoms with Gasteiger partial charge in [-0.25, -0.2) is 8.42 Å². The molecule has 1 aliphatic heterocycles. The molecule has 1 amide bonds. The summed E-state index contributed by atoms with van der Waals surface area (Å²) in [5.41, 5.74) is 1.45. The van der Waals surface area contributed by atoms with Crippen molar-refractivity contribution in [1.29, 1.82) is 0 Å². The molecule has 0 spiro atoms. The molecule has 2 aromatic rings. The van der Waals surface area contributed by atoms with Gasteiger partial charge >= 0.3 is 0 Å². The quantitative estimate of drug-likeness (QED) is 0.691. The maximum atomic E-state index is 12.7. The first-order valence-electron chi connectivity index (χ1n) is 9.55. The molecule has 0 fully saturated rings. The van der Waals surface area contributed by atoms with E-state index in [-0.39, 0.29) is 29.6 Å². The number of hydrogen-bond donors (Lipinski definition) is 1. The number of rotatable bonds is 8. The van der Waals surface area contributed by atoms with Crippen molar-refractivity contribution in [3.63, 3.8) is 0 Å². The molecule has 1 aliphatic rings. The Morgan fingerprint density at radius 1 is 1.10 bits per heavy atom. The lowest BCUT2D eigenvalue weighted by atomic mass is 10.1. The minimum Gasteiger partial charge on any atom is -0.493 e. The zero-order valence-corrected chi connectivity index (χ0v) is 18.0. The molecular formula is C21H25N3O5S. The van der Waals surface area contributed by atoms with Crippen LogP contribution in [0, 0.1) is 0 Å². The highest BCUT2D eigenvalue weighted by Crippen LogP contribution is 2.28. The number of fused-ring (bicyclic) bond motifs is 1. The Labute approximate surface area is 176 Å². The molecule has 9 heteroatoms. The zero-order valence-electron chi connectivity index (χ0n) is 17.2. The van der Waals surface area contributed by atoms with Gasteiger partial charge in [-0.1, -0.05) is 18.2 Å². The molecule has 0 aromatic heterocycles. The number of carbonyl (C=O) groups is 1. The number of amidine groups is 1. The maximum absolute atomic E-state index is 12.7. The number of benzene rings is 2. The second kappa shape index (κ2) is 9.17. The van der Waals surface area contributed by atoms with Gasteiger partial charge in [0.1, 0.15) is 5.84 Å². The summed E-state index contributed by atoms with van der Waals surface area (Å²) in [7, 11) is -0.436. The van der Waals surface area contributed by atoms with Gasteiger partial charge in [0.05, 0.1) is 25.7 Å². The molecule has 0 aliphatic carbocycles. The molecule has 0 unspecified atom stereocenters. The normalized spacial score (nSPS) is 15.4. The number of sulfonamides is 1. The summed E-state index contributed by atoms with van der Waals surface area (Å²) in [5.74, 6) is 1.45. The number of methoxy groups -OCH3 is 2. The molecule has 0 radical (unpaired) electrons. The van der Waals surface area contributed by atoms with Crippen molar-refractivity contribution in [1.82, 2.24) is 9.62 Å². The van der Waals surface area contributed by atoms with E-state index < -0.39 is 10.0 Å². The number of ether oxygens (including phenoxy) is 2. The van der Waals surface area contributed by atoms with Crippen molar-refractivity contribution < 1.29 is 22.7 Å². The summed E-state index contributed by atoms with van der Waals surface area (Å²) in [6.45, 7) is 3.07. The van der Waals surface area contributed by atoms with Crippen LogP contribution in [0.3, 0.4) is 0 Å². The average molecular weight is 432 g/mol. The van der Waals surface area contributed by atoms with Crippen LogP contribution in [-0.2, 0) is 21.4 Å². The molecule has 0 atom stereocenters. The average Bonchev–Trinajstić information content (AvgIpc) is 3.02. The van der Waals surface area contributed by atoms with Gasteiger partial charge in [0, 0.05) is 25.1 Å². The van der Waals surface area contributed by atoms with Crippen LogP contribution in [0.5, 0.6) is 11.5 Å². The lowest BCUT2D eigenvalue weighted by Gasteiger charge is -2.21. The number of amides is 1. The fourth-order valence-corrected chi connectivity index (χ4v) is 4.50. The van der Waals surface area contributed by atoms with Crippen LogP contribution in [0.15, 0.2) is 52.4 Å². The lowest BCUT2D eigenvalue weighted by Crippen LogP contribution is -2.31. The molecule has 8 nitrogen and oxygen atoms in total. The van der Waals surface area contributed by atoms with Crippen LogP contribution in [0.4, 0.5) is 0 Å². The highest BCUT2D eigenvalue weighted by Gasteiger charge is 2.30. The molecule has 2 aromatic carbocycles. The summed E-state index contributed by atoms with van der Waals surface area (Å²) in [6.07, 6.45) is 0.175. The fraction of sp³-hybridized carbons (Fsp3) is 0.333. The Balaban J connectivity index is 1.65. The van der Waals surface area contributed by atoms with Crippen LogP contribution in [0.2, 0.25) is 0 Å². The Morgan fingerprint density at radius 2 is 1.83 bits per heavy atom. The molecular weight excluding hydrogens is 406 g/mol. The summed E-state index contributed by atoms with van der Waals surface area (Å²) in [4.78, 5) is 18.9. The van der Waals surface area contributed by atoms with Gasteiger partial charge in [0.2, 0.25) is 5.91 Å². The second-order valence-electron chi connectivity index (χ2n) is 6.68. The van der Waals surface area contributed by atoms with Gasteiger partial charge in [0.15, 0.2) is 11.5 Å². The third-order valence-electron chi connectivity index (χ3n) is 4.81. The summed E-state index contributed by atoms with van der Waals surface area (Å²) < 4.78 is 37.3. The van der Waals surface area contributed by atoms with Gasteiger partial charge in [-0.2, -0.15) is 0 Å². The van der Waals surface area contributed by atoms with Crippen LogP contribution in [0.25, 0.3) is 0 Å². The van der Waals surface area contributed by atoms with E-state index in [1.807, 2.05) is 25.1 Å². The van der Waals surface area contributed by atoms with Crippen molar-refractivity contribution in [3.8, 4) is 11.5 Å². The van der Waals surface area contributed by atoms with E-state index in [9.17, 15) is 13.2 Å². The van der Waals surface area contributed by atoms with Gasteiger partial charge in [-0.15, -0.1) is 0 Å². The van der Waals surface area contributed by atoms with Crippen LogP contribution in [-0.4, -0.2) is 52.4 Å². The number of carbonyl (C=O) groups excluding carboxylic acids is 1. The molecule has 3 rings (SSSR count). The van der Waals surface area contributed by atoms with E-state index in [1.54, 1.807) is 37.3 Å². The highest BCUT2D eigenvalue weighted by molar-refractivity contribution is 7.90. The maximum Gasteiger partial charge on any atom is 0.263 e. The molecule has 1 N–H and O–H groups in total. The van der Waals surface area contributed by atoms with Crippen molar-refractivity contribution in [2.75, 3.05) is 27.3 Å². The Kier molecular flexibility index (Phi) is 6.61. The molecule has 160 valence electrons. The topological polar surface area (TPSA) is 97.3 Å². The Morgan fingerprint density at radius 3 is 2.53 bits per heavy atom. The molecule has 0 bridgehead atoms. The molecule has 1 heterocycles.